The monoisotopic (exact) mass is 485 g/mol. The van der Waals surface area contributed by atoms with Gasteiger partial charge in [-0.25, -0.2) is 9.18 Å². The summed E-state index contributed by atoms with van der Waals surface area (Å²) in [5, 5.41) is 4.34. The first kappa shape index (κ1) is 22.1. The summed E-state index contributed by atoms with van der Waals surface area (Å²) in [6, 6.07) is 18.4. The summed E-state index contributed by atoms with van der Waals surface area (Å²) in [6.07, 6.45) is 6.65. The second-order valence-corrected chi connectivity index (χ2v) is 10.6. The van der Waals surface area contributed by atoms with Gasteiger partial charge in [0, 0.05) is 23.2 Å². The first-order valence-electron chi connectivity index (χ1n) is 12.2. The molecule has 1 aliphatic heterocycles. The highest BCUT2D eigenvalue weighted by Crippen LogP contribution is 2.44. The van der Waals surface area contributed by atoms with Gasteiger partial charge in [0.15, 0.2) is 0 Å². The number of fused-ring (bicyclic) bond motifs is 5. The van der Waals surface area contributed by atoms with Gasteiger partial charge >= 0.3 is 6.03 Å². The van der Waals surface area contributed by atoms with Crippen molar-refractivity contribution in [2.45, 2.75) is 51.7 Å². The molecule has 2 aromatic heterocycles. The number of rotatable bonds is 3. The molecule has 4 nitrogen and oxygen atoms in total. The fourth-order valence-electron chi connectivity index (χ4n) is 5.40. The minimum atomic E-state index is -0.391. The number of carbonyl (C=O) groups is 1. The summed E-state index contributed by atoms with van der Waals surface area (Å²) in [7, 11) is 0. The molecule has 178 valence electrons. The number of aryl methyl sites for hydroxylation is 2. The molecule has 1 aliphatic carbocycles. The van der Waals surface area contributed by atoms with Crippen LogP contribution in [0.2, 0.25) is 0 Å². The van der Waals surface area contributed by atoms with Crippen LogP contribution in [0, 0.1) is 12.7 Å². The molecule has 0 saturated carbocycles. The lowest BCUT2D eigenvalue weighted by molar-refractivity contribution is 0.180. The van der Waals surface area contributed by atoms with Crippen LogP contribution in [0.15, 0.2) is 66.9 Å². The molecule has 2 aromatic carbocycles. The summed E-state index contributed by atoms with van der Waals surface area (Å²) >= 11 is 1.85. The zero-order valence-corrected chi connectivity index (χ0v) is 20.6. The highest BCUT2D eigenvalue weighted by Gasteiger charge is 2.36. The van der Waals surface area contributed by atoms with Crippen molar-refractivity contribution in [1.82, 2.24) is 14.8 Å². The van der Waals surface area contributed by atoms with Crippen LogP contribution in [0.4, 0.5) is 9.18 Å². The second kappa shape index (κ2) is 9.00. The zero-order valence-electron chi connectivity index (χ0n) is 19.8. The average Bonchev–Trinajstić information content (AvgIpc) is 3.45. The van der Waals surface area contributed by atoms with Crippen molar-refractivity contribution in [1.29, 1.82) is 0 Å². The molecule has 0 bridgehead atoms. The van der Waals surface area contributed by atoms with Gasteiger partial charge in [0.2, 0.25) is 0 Å². The van der Waals surface area contributed by atoms with Gasteiger partial charge < -0.3 is 14.8 Å². The average molecular weight is 486 g/mol. The van der Waals surface area contributed by atoms with Gasteiger partial charge in [0.25, 0.3) is 0 Å². The molecule has 0 saturated heterocycles. The number of carbonyl (C=O) groups excluding carboxylic acids is 1. The van der Waals surface area contributed by atoms with Crippen LogP contribution < -0.4 is 5.32 Å². The van der Waals surface area contributed by atoms with Crippen LogP contribution in [0.25, 0.3) is 5.00 Å². The van der Waals surface area contributed by atoms with Crippen molar-refractivity contribution < 1.29 is 9.18 Å². The third-order valence-corrected chi connectivity index (χ3v) is 8.50. The van der Waals surface area contributed by atoms with E-state index in [1.54, 1.807) is 12.1 Å². The molecule has 0 radical (unpaired) electrons. The maximum atomic E-state index is 14.4. The van der Waals surface area contributed by atoms with E-state index >= 15 is 0 Å². The molecule has 35 heavy (non-hydrogen) atoms. The molecule has 3 heterocycles. The van der Waals surface area contributed by atoms with Crippen LogP contribution in [0.1, 0.15) is 57.3 Å². The minimum absolute atomic E-state index is 0.142. The van der Waals surface area contributed by atoms with E-state index in [9.17, 15) is 9.18 Å². The van der Waals surface area contributed by atoms with Crippen molar-refractivity contribution >= 4 is 17.4 Å². The van der Waals surface area contributed by atoms with Gasteiger partial charge in [0.05, 0.1) is 18.3 Å². The van der Waals surface area contributed by atoms with Crippen molar-refractivity contribution in [2.75, 3.05) is 0 Å². The Balaban J connectivity index is 1.43. The molecule has 1 N–H and O–H groups in total. The van der Waals surface area contributed by atoms with Crippen molar-refractivity contribution in [2.24, 2.45) is 0 Å². The molecular weight excluding hydrogens is 457 g/mol. The van der Waals surface area contributed by atoms with Gasteiger partial charge in [0.1, 0.15) is 10.8 Å². The zero-order chi connectivity index (χ0) is 23.9. The van der Waals surface area contributed by atoms with Gasteiger partial charge in [-0.2, -0.15) is 0 Å². The third kappa shape index (κ3) is 4.06. The van der Waals surface area contributed by atoms with Gasteiger partial charge in [-0.15, -0.1) is 11.3 Å². The summed E-state index contributed by atoms with van der Waals surface area (Å²) in [5.74, 6) is -0.294. The molecule has 0 fully saturated rings. The van der Waals surface area contributed by atoms with E-state index in [0.717, 1.165) is 29.7 Å². The highest BCUT2D eigenvalue weighted by atomic mass is 32.1. The third-order valence-electron chi connectivity index (χ3n) is 7.17. The Bertz CT molecular complexity index is 1390. The predicted octanol–water partition coefficient (Wildman–Crippen LogP) is 6.68. The van der Waals surface area contributed by atoms with E-state index in [4.69, 9.17) is 0 Å². The van der Waals surface area contributed by atoms with Crippen molar-refractivity contribution in [3.05, 3.63) is 111 Å². The summed E-state index contributed by atoms with van der Waals surface area (Å²) in [6.45, 7) is 3.00. The Morgan fingerprint density at radius 2 is 1.89 bits per heavy atom. The number of hydrogen-bond donors (Lipinski definition) is 1. The number of nitrogens with zero attached hydrogens (tertiary/aromatic N) is 2. The molecule has 4 aromatic rings. The van der Waals surface area contributed by atoms with E-state index < -0.39 is 6.04 Å². The predicted molar refractivity (Wildman–Crippen MR) is 137 cm³/mol. The van der Waals surface area contributed by atoms with Crippen LogP contribution in [0.5, 0.6) is 0 Å². The van der Waals surface area contributed by atoms with Gasteiger partial charge in [-0.1, -0.05) is 42.0 Å². The molecule has 0 spiro atoms. The topological polar surface area (TPSA) is 37.3 Å². The normalized spacial score (nSPS) is 16.7. The van der Waals surface area contributed by atoms with Crippen molar-refractivity contribution in [3.8, 4) is 5.00 Å². The van der Waals surface area contributed by atoms with E-state index in [0.29, 0.717) is 13.1 Å². The number of halogens is 1. The Morgan fingerprint density at radius 1 is 1.06 bits per heavy atom. The summed E-state index contributed by atoms with van der Waals surface area (Å²) in [4.78, 5) is 17.1. The Labute approximate surface area is 209 Å². The lowest BCUT2D eigenvalue weighted by atomic mass is 9.95. The van der Waals surface area contributed by atoms with Crippen LogP contribution in [-0.4, -0.2) is 15.5 Å². The molecule has 1 atom stereocenters. The fourth-order valence-corrected chi connectivity index (χ4v) is 6.80. The summed E-state index contributed by atoms with van der Waals surface area (Å²) < 4.78 is 16.6. The smallest absolute Gasteiger partial charge is 0.318 e. The number of aromatic nitrogens is 1. The lowest BCUT2D eigenvalue weighted by Gasteiger charge is -2.31. The molecule has 2 amide bonds. The van der Waals surface area contributed by atoms with E-state index in [2.05, 4.69) is 41.2 Å². The Hall–Kier alpha value is -3.38. The quantitative estimate of drug-likeness (QED) is 0.345. The number of benzene rings is 2. The van der Waals surface area contributed by atoms with Crippen LogP contribution in [-0.2, 0) is 25.9 Å². The van der Waals surface area contributed by atoms with Crippen LogP contribution >= 0.6 is 11.3 Å². The first-order valence-corrected chi connectivity index (χ1v) is 13.1. The van der Waals surface area contributed by atoms with E-state index in [1.807, 2.05) is 40.5 Å². The first-order chi connectivity index (χ1) is 17.1. The number of thiophene rings is 1. The number of hydrogen-bond acceptors (Lipinski definition) is 2. The molecule has 6 heteroatoms. The molecule has 2 aliphatic rings. The van der Waals surface area contributed by atoms with Crippen LogP contribution in [0.3, 0.4) is 0 Å². The van der Waals surface area contributed by atoms with Crippen molar-refractivity contribution in [3.63, 3.8) is 0 Å². The maximum absolute atomic E-state index is 14.4. The SMILES string of the molecule is Cc1ccc(CNC(=O)N2Cc3c(sc4c3CCCC4)-n3cccc3[C@@H]2c2cccc(F)c2)cc1. The number of amides is 2. The highest BCUT2D eigenvalue weighted by molar-refractivity contribution is 7.15. The Morgan fingerprint density at radius 3 is 2.71 bits per heavy atom. The minimum Gasteiger partial charge on any atom is -0.334 e. The molecule has 6 rings (SSSR count). The van der Waals surface area contributed by atoms with Gasteiger partial charge in [-0.3, -0.25) is 0 Å². The molecular formula is C29H28FN3OS. The standard InChI is InChI=1S/C29H28FN3OS/c1-19-11-13-20(14-12-19)17-31-29(34)33-18-24-23-8-2-3-10-26(23)35-28(24)32-15-5-9-25(32)27(33)21-6-4-7-22(30)16-21/h4-7,9,11-16,27H,2-3,8,10,17-18H2,1H3,(H,31,34)/t27-/m0/s1. The fraction of sp³-hybridized carbons (Fsp3) is 0.276. The number of urea groups is 1. The maximum Gasteiger partial charge on any atom is 0.318 e. The number of nitrogens with one attached hydrogen (secondary N) is 1. The molecule has 0 unspecified atom stereocenters. The largest absolute Gasteiger partial charge is 0.334 e. The second-order valence-electron chi connectivity index (χ2n) is 9.53. The van der Waals surface area contributed by atoms with E-state index in [1.165, 1.54) is 45.5 Å². The van der Waals surface area contributed by atoms with E-state index in [-0.39, 0.29) is 11.8 Å². The van der Waals surface area contributed by atoms with Gasteiger partial charge in [-0.05, 0) is 73.6 Å². The lowest BCUT2D eigenvalue weighted by Crippen LogP contribution is -2.41. The summed E-state index contributed by atoms with van der Waals surface area (Å²) in [5.41, 5.74) is 6.66. The Kier molecular flexibility index (Phi) is 5.69.